The third-order valence-corrected chi connectivity index (χ3v) is 3.63. The Morgan fingerprint density at radius 2 is 1.75 bits per heavy atom. The fourth-order valence-corrected chi connectivity index (χ4v) is 2.25. The second kappa shape index (κ2) is 7.04. The summed E-state index contributed by atoms with van der Waals surface area (Å²) in [5.74, 6) is 0.117. The van der Waals surface area contributed by atoms with Crippen LogP contribution in [-0.2, 0) is 14.3 Å². The van der Waals surface area contributed by atoms with Gasteiger partial charge in [0.05, 0.1) is 0 Å². The molecule has 124 valence electrons. The molecule has 0 saturated carbocycles. The number of benzene rings is 2. The smallest absolute Gasteiger partial charge is 0.351 e. The van der Waals surface area contributed by atoms with Gasteiger partial charge in [0.1, 0.15) is 6.61 Å². The van der Waals surface area contributed by atoms with E-state index < -0.39 is 12.1 Å². The Labute approximate surface area is 139 Å². The molecule has 24 heavy (non-hydrogen) atoms. The molecule has 1 aliphatic rings. The number of amides is 1. The Kier molecular flexibility index (Phi) is 4.65. The van der Waals surface area contributed by atoms with Crippen LogP contribution in [0.25, 0.3) is 0 Å². The van der Waals surface area contributed by atoms with E-state index in [1.165, 1.54) is 4.90 Å². The largest absolute Gasteiger partial charge is 0.485 e. The lowest BCUT2D eigenvalue weighted by atomic mass is 10.2. The average molecular weight is 327 g/mol. The van der Waals surface area contributed by atoms with Crippen molar-refractivity contribution >= 4 is 17.6 Å². The third-order valence-electron chi connectivity index (χ3n) is 3.63. The summed E-state index contributed by atoms with van der Waals surface area (Å²) in [7, 11) is 1.63. The second-order valence-corrected chi connectivity index (χ2v) is 5.26. The van der Waals surface area contributed by atoms with Crippen molar-refractivity contribution in [1.82, 2.24) is 0 Å². The topological polar surface area (TPSA) is 65.1 Å². The Bertz CT molecular complexity index is 731. The molecule has 0 N–H and O–H groups in total. The lowest BCUT2D eigenvalue weighted by Crippen LogP contribution is -2.40. The molecular formula is C18H17NO5. The standard InChI is InChI=1S/C18H17NO5/c1-19(13-7-3-2-4-8-13)17(20)12-23-18(21)16-11-22-14-9-5-6-10-15(14)24-16/h2-10,16H,11-12H2,1H3/t16-/m0/s1. The quantitative estimate of drug-likeness (QED) is 0.804. The van der Waals surface area contributed by atoms with Crippen molar-refractivity contribution in [3.8, 4) is 11.5 Å². The van der Waals surface area contributed by atoms with E-state index in [4.69, 9.17) is 14.2 Å². The van der Waals surface area contributed by atoms with E-state index in [0.29, 0.717) is 11.5 Å². The molecule has 3 rings (SSSR count). The van der Waals surface area contributed by atoms with Crippen molar-refractivity contribution in [2.45, 2.75) is 6.10 Å². The zero-order chi connectivity index (χ0) is 16.9. The number of para-hydroxylation sites is 3. The predicted molar refractivity (Wildman–Crippen MR) is 87.2 cm³/mol. The lowest BCUT2D eigenvalue weighted by molar-refractivity contribution is -0.157. The van der Waals surface area contributed by atoms with Crippen LogP contribution in [-0.4, -0.2) is 38.2 Å². The summed E-state index contributed by atoms with van der Waals surface area (Å²) in [6.07, 6.45) is -0.880. The number of likely N-dealkylation sites (N-methyl/N-ethyl adjacent to an activating group) is 1. The monoisotopic (exact) mass is 327 g/mol. The molecule has 0 fully saturated rings. The van der Waals surface area contributed by atoms with E-state index in [9.17, 15) is 9.59 Å². The number of anilines is 1. The van der Waals surface area contributed by atoms with Crippen molar-refractivity contribution in [2.24, 2.45) is 0 Å². The van der Waals surface area contributed by atoms with E-state index in [2.05, 4.69) is 0 Å². The van der Waals surface area contributed by atoms with E-state index >= 15 is 0 Å². The number of hydrogen-bond acceptors (Lipinski definition) is 5. The number of esters is 1. The number of nitrogens with zero attached hydrogens (tertiary/aromatic N) is 1. The minimum absolute atomic E-state index is 0.0541. The average Bonchev–Trinajstić information content (AvgIpc) is 2.65. The number of rotatable bonds is 4. The van der Waals surface area contributed by atoms with Gasteiger partial charge in [-0.25, -0.2) is 4.79 Å². The van der Waals surface area contributed by atoms with Gasteiger partial charge in [0.25, 0.3) is 5.91 Å². The van der Waals surface area contributed by atoms with Crippen LogP contribution in [0, 0.1) is 0 Å². The Hall–Kier alpha value is -3.02. The van der Waals surface area contributed by atoms with E-state index in [-0.39, 0.29) is 19.1 Å². The maximum absolute atomic E-state index is 12.1. The van der Waals surface area contributed by atoms with Crippen molar-refractivity contribution in [2.75, 3.05) is 25.2 Å². The Balaban J connectivity index is 1.54. The highest BCUT2D eigenvalue weighted by atomic mass is 16.6. The second-order valence-electron chi connectivity index (χ2n) is 5.26. The zero-order valence-corrected chi connectivity index (χ0v) is 13.2. The molecule has 1 atom stereocenters. The molecule has 0 unspecified atom stereocenters. The van der Waals surface area contributed by atoms with Gasteiger partial charge in [0.15, 0.2) is 18.1 Å². The predicted octanol–water partition coefficient (Wildman–Crippen LogP) is 2.03. The van der Waals surface area contributed by atoms with Gasteiger partial charge in [-0.2, -0.15) is 0 Å². The molecule has 6 heteroatoms. The zero-order valence-electron chi connectivity index (χ0n) is 13.2. The summed E-state index contributed by atoms with van der Waals surface area (Å²) in [6, 6.07) is 16.2. The fourth-order valence-electron chi connectivity index (χ4n) is 2.25. The number of fused-ring (bicyclic) bond motifs is 1. The molecule has 0 saturated heterocycles. The van der Waals surface area contributed by atoms with Crippen LogP contribution in [0.15, 0.2) is 54.6 Å². The van der Waals surface area contributed by atoms with E-state index in [1.807, 2.05) is 24.3 Å². The van der Waals surface area contributed by atoms with Crippen LogP contribution in [0.5, 0.6) is 11.5 Å². The number of ether oxygens (including phenoxy) is 3. The minimum Gasteiger partial charge on any atom is -0.485 e. The maximum atomic E-state index is 12.1. The molecule has 0 spiro atoms. The van der Waals surface area contributed by atoms with Crippen LogP contribution in [0.4, 0.5) is 5.69 Å². The van der Waals surface area contributed by atoms with Gasteiger partial charge in [-0.3, -0.25) is 4.79 Å². The Morgan fingerprint density at radius 3 is 2.50 bits per heavy atom. The molecule has 1 heterocycles. The van der Waals surface area contributed by atoms with Gasteiger partial charge < -0.3 is 19.1 Å². The summed E-state index contributed by atoms with van der Waals surface area (Å²) in [4.78, 5) is 25.6. The van der Waals surface area contributed by atoms with Crippen molar-refractivity contribution in [3.05, 3.63) is 54.6 Å². The molecule has 0 bridgehead atoms. The van der Waals surface area contributed by atoms with Gasteiger partial charge in [0, 0.05) is 12.7 Å². The molecule has 1 amide bonds. The first-order valence-corrected chi connectivity index (χ1v) is 7.52. The lowest BCUT2D eigenvalue weighted by Gasteiger charge is -2.25. The summed E-state index contributed by atoms with van der Waals surface area (Å²) in [5.41, 5.74) is 0.727. The van der Waals surface area contributed by atoms with Crippen LogP contribution in [0.2, 0.25) is 0 Å². The first-order chi connectivity index (χ1) is 11.6. The summed E-state index contributed by atoms with van der Waals surface area (Å²) >= 11 is 0. The highest BCUT2D eigenvalue weighted by Gasteiger charge is 2.29. The highest BCUT2D eigenvalue weighted by Crippen LogP contribution is 2.31. The number of carbonyl (C=O) groups is 2. The minimum atomic E-state index is -0.880. The molecule has 2 aromatic rings. The van der Waals surface area contributed by atoms with Gasteiger partial charge in [-0.1, -0.05) is 30.3 Å². The van der Waals surface area contributed by atoms with E-state index in [0.717, 1.165) is 5.69 Å². The maximum Gasteiger partial charge on any atom is 0.351 e. The van der Waals surface area contributed by atoms with Crippen LogP contribution < -0.4 is 14.4 Å². The molecule has 6 nitrogen and oxygen atoms in total. The van der Waals surface area contributed by atoms with Crippen molar-refractivity contribution < 1.29 is 23.8 Å². The molecule has 2 aromatic carbocycles. The fraction of sp³-hybridized carbons (Fsp3) is 0.222. The third kappa shape index (κ3) is 3.48. The van der Waals surface area contributed by atoms with Gasteiger partial charge in [-0.15, -0.1) is 0 Å². The molecular weight excluding hydrogens is 310 g/mol. The summed E-state index contributed by atoms with van der Waals surface area (Å²) < 4.78 is 16.1. The molecule has 1 aliphatic heterocycles. The number of carbonyl (C=O) groups excluding carboxylic acids is 2. The van der Waals surface area contributed by atoms with E-state index in [1.54, 1.807) is 37.4 Å². The SMILES string of the molecule is CN(C(=O)COC(=O)[C@@H]1COc2ccccc2O1)c1ccccc1. The van der Waals surface area contributed by atoms with Crippen LogP contribution in [0.1, 0.15) is 0 Å². The van der Waals surface area contributed by atoms with Crippen LogP contribution >= 0.6 is 0 Å². The first kappa shape index (κ1) is 15.9. The number of hydrogen-bond donors (Lipinski definition) is 0. The van der Waals surface area contributed by atoms with Crippen molar-refractivity contribution in [1.29, 1.82) is 0 Å². The molecule has 0 radical (unpaired) electrons. The summed E-state index contributed by atoms with van der Waals surface area (Å²) in [5, 5.41) is 0. The van der Waals surface area contributed by atoms with Crippen LogP contribution in [0.3, 0.4) is 0 Å². The molecule has 0 aromatic heterocycles. The first-order valence-electron chi connectivity index (χ1n) is 7.52. The van der Waals surface area contributed by atoms with Crippen molar-refractivity contribution in [3.63, 3.8) is 0 Å². The highest BCUT2D eigenvalue weighted by molar-refractivity contribution is 5.94. The summed E-state index contributed by atoms with van der Waals surface area (Å²) in [6.45, 7) is -0.301. The molecule has 0 aliphatic carbocycles. The van der Waals surface area contributed by atoms with Gasteiger partial charge >= 0.3 is 5.97 Å². The Morgan fingerprint density at radius 1 is 1.08 bits per heavy atom. The normalized spacial score (nSPS) is 15.5. The van der Waals surface area contributed by atoms with Gasteiger partial charge in [-0.05, 0) is 24.3 Å². The van der Waals surface area contributed by atoms with Gasteiger partial charge in [0.2, 0.25) is 6.10 Å².